The minimum absolute atomic E-state index is 0.826. The Balaban J connectivity index is 1.99. The molecule has 0 spiro atoms. The summed E-state index contributed by atoms with van der Waals surface area (Å²) in [6.07, 6.45) is 11.0. The Kier molecular flexibility index (Phi) is 5.50. The second-order valence-corrected chi connectivity index (χ2v) is 6.35. The summed E-state index contributed by atoms with van der Waals surface area (Å²) in [5, 5.41) is 3.78. The molecule has 2 aliphatic rings. The van der Waals surface area contributed by atoms with E-state index in [1.54, 1.807) is 0 Å². The minimum Gasteiger partial charge on any atom is -0.311 e. The standard InChI is InChI=1S/C16H32N2/c1-4-7-15(6-3)18(10-5-2)16-11-13-8-9-14(12-16)17-13/h13-17H,4-12H2,1-3H3. The number of nitrogens with one attached hydrogen (secondary N) is 1. The summed E-state index contributed by atoms with van der Waals surface area (Å²) in [5.74, 6) is 0. The molecule has 0 aromatic carbocycles. The summed E-state index contributed by atoms with van der Waals surface area (Å²) < 4.78 is 0. The van der Waals surface area contributed by atoms with Crippen LogP contribution in [0.3, 0.4) is 0 Å². The molecule has 2 saturated heterocycles. The van der Waals surface area contributed by atoms with Crippen LogP contribution < -0.4 is 5.32 Å². The third kappa shape index (κ3) is 3.27. The summed E-state index contributed by atoms with van der Waals surface area (Å²) in [6.45, 7) is 8.35. The molecule has 0 amide bonds. The van der Waals surface area contributed by atoms with Crippen LogP contribution in [0, 0.1) is 0 Å². The lowest BCUT2D eigenvalue weighted by Crippen LogP contribution is -2.51. The lowest BCUT2D eigenvalue weighted by molar-refractivity contribution is 0.0857. The summed E-state index contributed by atoms with van der Waals surface area (Å²) in [6, 6.07) is 3.34. The van der Waals surface area contributed by atoms with Crippen molar-refractivity contribution in [2.75, 3.05) is 6.54 Å². The topological polar surface area (TPSA) is 15.3 Å². The Morgan fingerprint density at radius 1 is 1.06 bits per heavy atom. The molecule has 2 bridgehead atoms. The van der Waals surface area contributed by atoms with E-state index in [9.17, 15) is 0 Å². The van der Waals surface area contributed by atoms with Crippen LogP contribution in [-0.4, -0.2) is 35.6 Å². The van der Waals surface area contributed by atoms with Gasteiger partial charge in [-0.15, -0.1) is 0 Å². The maximum Gasteiger partial charge on any atom is 0.0128 e. The molecule has 0 aliphatic carbocycles. The van der Waals surface area contributed by atoms with Gasteiger partial charge >= 0.3 is 0 Å². The molecule has 2 rings (SSSR count). The van der Waals surface area contributed by atoms with Gasteiger partial charge < -0.3 is 5.32 Å². The quantitative estimate of drug-likeness (QED) is 0.745. The van der Waals surface area contributed by atoms with Gasteiger partial charge in [0.2, 0.25) is 0 Å². The highest BCUT2D eigenvalue weighted by molar-refractivity contribution is 4.96. The van der Waals surface area contributed by atoms with Gasteiger partial charge in [-0.2, -0.15) is 0 Å². The molecular formula is C16H32N2. The van der Waals surface area contributed by atoms with Crippen molar-refractivity contribution in [1.82, 2.24) is 10.2 Å². The molecule has 18 heavy (non-hydrogen) atoms. The third-order valence-corrected chi connectivity index (χ3v) is 4.96. The lowest BCUT2D eigenvalue weighted by Gasteiger charge is -2.42. The first kappa shape index (κ1) is 14.3. The van der Waals surface area contributed by atoms with E-state index in [1.165, 1.54) is 57.9 Å². The van der Waals surface area contributed by atoms with Gasteiger partial charge in [-0.3, -0.25) is 4.90 Å². The molecule has 2 fully saturated rings. The smallest absolute Gasteiger partial charge is 0.0128 e. The normalized spacial score (nSPS) is 33.0. The molecule has 0 aromatic rings. The van der Waals surface area contributed by atoms with Crippen molar-refractivity contribution in [2.24, 2.45) is 0 Å². The van der Waals surface area contributed by atoms with Crippen LogP contribution in [0.5, 0.6) is 0 Å². The van der Waals surface area contributed by atoms with E-state index in [0.29, 0.717) is 0 Å². The van der Waals surface area contributed by atoms with Gasteiger partial charge in [-0.1, -0.05) is 27.2 Å². The van der Waals surface area contributed by atoms with Crippen molar-refractivity contribution in [3.63, 3.8) is 0 Å². The number of nitrogens with zero attached hydrogens (tertiary/aromatic N) is 1. The van der Waals surface area contributed by atoms with E-state index in [-0.39, 0.29) is 0 Å². The van der Waals surface area contributed by atoms with E-state index in [4.69, 9.17) is 0 Å². The second-order valence-electron chi connectivity index (χ2n) is 6.35. The van der Waals surface area contributed by atoms with Gasteiger partial charge in [0.25, 0.3) is 0 Å². The Morgan fingerprint density at radius 3 is 2.22 bits per heavy atom. The Hall–Kier alpha value is -0.0800. The van der Waals surface area contributed by atoms with Crippen molar-refractivity contribution in [3.8, 4) is 0 Å². The van der Waals surface area contributed by atoms with Crippen molar-refractivity contribution in [2.45, 2.75) is 96.3 Å². The van der Waals surface area contributed by atoms with E-state index in [2.05, 4.69) is 31.0 Å². The van der Waals surface area contributed by atoms with Crippen molar-refractivity contribution in [1.29, 1.82) is 0 Å². The van der Waals surface area contributed by atoms with Crippen LogP contribution >= 0.6 is 0 Å². The molecule has 2 aliphatic heterocycles. The molecule has 3 unspecified atom stereocenters. The SMILES string of the molecule is CCCC(CC)N(CCC)C1CC2CCC(C1)N2. The molecule has 0 saturated carbocycles. The lowest BCUT2D eigenvalue weighted by atomic mass is 9.94. The first-order valence-corrected chi connectivity index (χ1v) is 8.30. The maximum atomic E-state index is 3.78. The zero-order valence-electron chi connectivity index (χ0n) is 12.6. The average molecular weight is 252 g/mol. The fourth-order valence-electron chi connectivity index (χ4n) is 4.16. The Morgan fingerprint density at radius 2 is 1.72 bits per heavy atom. The molecule has 3 atom stereocenters. The highest BCUT2D eigenvalue weighted by atomic mass is 15.2. The largest absolute Gasteiger partial charge is 0.311 e. The highest BCUT2D eigenvalue weighted by Gasteiger charge is 2.37. The van der Waals surface area contributed by atoms with E-state index in [1.807, 2.05) is 0 Å². The van der Waals surface area contributed by atoms with Gasteiger partial charge in [0.05, 0.1) is 0 Å². The summed E-state index contributed by atoms with van der Waals surface area (Å²) >= 11 is 0. The number of hydrogen-bond donors (Lipinski definition) is 1. The fraction of sp³-hybridized carbons (Fsp3) is 1.00. The Bertz CT molecular complexity index is 229. The van der Waals surface area contributed by atoms with Crippen LogP contribution in [0.15, 0.2) is 0 Å². The first-order valence-electron chi connectivity index (χ1n) is 8.30. The number of hydrogen-bond acceptors (Lipinski definition) is 2. The predicted molar refractivity (Wildman–Crippen MR) is 79.0 cm³/mol. The van der Waals surface area contributed by atoms with Crippen LogP contribution in [-0.2, 0) is 0 Å². The highest BCUT2D eigenvalue weighted by Crippen LogP contribution is 2.31. The predicted octanol–water partition coefficient (Wildman–Crippen LogP) is 3.56. The van der Waals surface area contributed by atoms with Gasteiger partial charge in [0.1, 0.15) is 0 Å². The molecule has 1 N–H and O–H groups in total. The van der Waals surface area contributed by atoms with Gasteiger partial charge in [0, 0.05) is 24.2 Å². The van der Waals surface area contributed by atoms with Crippen LogP contribution in [0.2, 0.25) is 0 Å². The molecule has 2 nitrogen and oxygen atoms in total. The molecule has 0 aromatic heterocycles. The van der Waals surface area contributed by atoms with Gasteiger partial charge in [-0.25, -0.2) is 0 Å². The number of piperidine rings is 1. The summed E-state index contributed by atoms with van der Waals surface area (Å²) in [5.41, 5.74) is 0. The van der Waals surface area contributed by atoms with E-state index in [0.717, 1.165) is 24.2 Å². The monoisotopic (exact) mass is 252 g/mol. The Labute approximate surface area is 114 Å². The summed E-state index contributed by atoms with van der Waals surface area (Å²) in [7, 11) is 0. The molecular weight excluding hydrogens is 220 g/mol. The van der Waals surface area contributed by atoms with E-state index >= 15 is 0 Å². The zero-order chi connectivity index (χ0) is 13.0. The number of fused-ring (bicyclic) bond motifs is 2. The molecule has 0 radical (unpaired) electrons. The minimum atomic E-state index is 0.826. The first-order chi connectivity index (χ1) is 8.78. The zero-order valence-corrected chi connectivity index (χ0v) is 12.6. The maximum absolute atomic E-state index is 3.78. The van der Waals surface area contributed by atoms with Crippen molar-refractivity contribution < 1.29 is 0 Å². The fourth-order valence-corrected chi connectivity index (χ4v) is 4.16. The van der Waals surface area contributed by atoms with Crippen LogP contribution in [0.4, 0.5) is 0 Å². The number of rotatable bonds is 7. The van der Waals surface area contributed by atoms with Crippen LogP contribution in [0.1, 0.15) is 72.1 Å². The third-order valence-electron chi connectivity index (χ3n) is 4.96. The van der Waals surface area contributed by atoms with Gasteiger partial charge in [0.15, 0.2) is 0 Å². The molecule has 2 heteroatoms. The molecule has 2 heterocycles. The summed E-state index contributed by atoms with van der Waals surface area (Å²) in [4.78, 5) is 2.87. The average Bonchev–Trinajstić information content (AvgIpc) is 2.72. The van der Waals surface area contributed by atoms with Crippen molar-refractivity contribution >= 4 is 0 Å². The van der Waals surface area contributed by atoms with Crippen LogP contribution in [0.25, 0.3) is 0 Å². The second kappa shape index (κ2) is 6.91. The van der Waals surface area contributed by atoms with Crippen molar-refractivity contribution in [3.05, 3.63) is 0 Å². The van der Waals surface area contributed by atoms with Gasteiger partial charge in [-0.05, 0) is 51.5 Å². The van der Waals surface area contributed by atoms with E-state index < -0.39 is 0 Å². The molecule has 106 valence electrons.